The molecule has 0 aliphatic heterocycles. The van der Waals surface area contributed by atoms with Gasteiger partial charge in [0.15, 0.2) is 5.82 Å². The predicted molar refractivity (Wildman–Crippen MR) is 52.9 cm³/mol. The maximum absolute atomic E-state index is 5.93. The van der Waals surface area contributed by atoms with Gasteiger partial charge in [-0.1, -0.05) is 6.08 Å². The third-order valence-electron chi connectivity index (χ3n) is 1.88. The first-order valence-electron chi connectivity index (χ1n) is 4.29. The van der Waals surface area contributed by atoms with Gasteiger partial charge in [0.25, 0.3) is 0 Å². The molecule has 0 saturated carbocycles. The normalized spacial score (nSPS) is 13.5. The fourth-order valence-corrected chi connectivity index (χ4v) is 1.06. The molecule has 0 spiro atoms. The first-order valence-corrected chi connectivity index (χ1v) is 4.29. The summed E-state index contributed by atoms with van der Waals surface area (Å²) in [4.78, 5) is 4.16. The van der Waals surface area contributed by atoms with Crippen LogP contribution in [0.25, 0.3) is 5.57 Å². The molecule has 4 nitrogen and oxygen atoms in total. The minimum atomic E-state index is -0.504. The zero-order valence-electron chi connectivity index (χ0n) is 8.57. The largest absolute Gasteiger partial charge is 0.308 e. The number of nitrogens with zero attached hydrogens (tertiary/aromatic N) is 3. The van der Waals surface area contributed by atoms with Gasteiger partial charge in [-0.15, -0.1) is 0 Å². The van der Waals surface area contributed by atoms with Crippen LogP contribution in [0.4, 0.5) is 0 Å². The van der Waals surface area contributed by atoms with Crippen LogP contribution in [0.15, 0.2) is 12.4 Å². The second kappa shape index (κ2) is 3.30. The number of allylic oxidation sites excluding steroid dienone is 2. The van der Waals surface area contributed by atoms with Crippen molar-refractivity contribution in [3.63, 3.8) is 0 Å². The quantitative estimate of drug-likeness (QED) is 0.747. The number of hydrogen-bond acceptors (Lipinski definition) is 3. The average molecular weight is 180 g/mol. The summed E-state index contributed by atoms with van der Waals surface area (Å²) in [6, 6.07) is 0. The highest BCUT2D eigenvalue weighted by Gasteiger charge is 2.18. The number of aromatic nitrogens is 3. The molecule has 72 valence electrons. The molecule has 2 N–H and O–H groups in total. The summed E-state index contributed by atoms with van der Waals surface area (Å²) < 4.78 is 1.72. The molecule has 1 aromatic heterocycles. The van der Waals surface area contributed by atoms with E-state index in [2.05, 4.69) is 10.1 Å². The highest BCUT2D eigenvalue weighted by Crippen LogP contribution is 2.15. The van der Waals surface area contributed by atoms with Crippen LogP contribution in [0.5, 0.6) is 0 Å². The van der Waals surface area contributed by atoms with E-state index in [1.807, 2.05) is 33.8 Å². The first-order chi connectivity index (χ1) is 5.96. The maximum atomic E-state index is 5.93. The number of nitrogens with two attached hydrogens (primary N) is 1. The summed E-state index contributed by atoms with van der Waals surface area (Å²) >= 11 is 0. The Bertz CT molecular complexity index is 317. The van der Waals surface area contributed by atoms with Gasteiger partial charge in [-0.05, 0) is 33.3 Å². The van der Waals surface area contributed by atoms with Crippen molar-refractivity contribution in [2.24, 2.45) is 5.73 Å². The van der Waals surface area contributed by atoms with Crippen molar-refractivity contribution in [1.82, 2.24) is 14.8 Å². The van der Waals surface area contributed by atoms with Crippen molar-refractivity contribution >= 4 is 5.57 Å². The molecule has 0 atom stereocenters. The Kier molecular flexibility index (Phi) is 2.52. The van der Waals surface area contributed by atoms with Gasteiger partial charge in [0, 0.05) is 0 Å². The number of rotatable bonds is 2. The van der Waals surface area contributed by atoms with Gasteiger partial charge < -0.3 is 5.73 Å². The van der Waals surface area contributed by atoms with Crippen LogP contribution >= 0.6 is 0 Å². The van der Waals surface area contributed by atoms with Crippen LogP contribution in [-0.4, -0.2) is 14.8 Å². The van der Waals surface area contributed by atoms with E-state index in [9.17, 15) is 0 Å². The molecule has 0 fully saturated rings. The highest BCUT2D eigenvalue weighted by atomic mass is 15.4. The Morgan fingerprint density at radius 1 is 1.62 bits per heavy atom. The Labute approximate surface area is 78.5 Å². The van der Waals surface area contributed by atoms with Crippen LogP contribution in [0.2, 0.25) is 0 Å². The Morgan fingerprint density at radius 3 is 2.69 bits per heavy atom. The average Bonchev–Trinajstić information content (AvgIpc) is 2.49. The van der Waals surface area contributed by atoms with Crippen molar-refractivity contribution in [1.29, 1.82) is 0 Å². The van der Waals surface area contributed by atoms with Gasteiger partial charge in [0.2, 0.25) is 0 Å². The van der Waals surface area contributed by atoms with Gasteiger partial charge in [-0.2, -0.15) is 5.10 Å². The summed E-state index contributed by atoms with van der Waals surface area (Å²) in [5.41, 5.74) is 6.50. The first kappa shape index (κ1) is 9.92. The lowest BCUT2D eigenvalue weighted by molar-refractivity contribution is 0.328. The smallest absolute Gasteiger partial charge is 0.155 e. The topological polar surface area (TPSA) is 56.7 Å². The fraction of sp³-hybridized carbons (Fsp3) is 0.556. The Balaban J connectivity index is 3.18. The van der Waals surface area contributed by atoms with Crippen LogP contribution in [0.1, 0.15) is 33.5 Å². The van der Waals surface area contributed by atoms with Gasteiger partial charge in [0.1, 0.15) is 12.0 Å². The predicted octanol–water partition coefficient (Wildman–Crippen LogP) is 1.35. The SMILES string of the molecule is C/C=C(/C)c1ncnn1C(C)(C)N. The Hall–Kier alpha value is -1.16. The maximum Gasteiger partial charge on any atom is 0.155 e. The van der Waals surface area contributed by atoms with E-state index >= 15 is 0 Å². The lowest BCUT2D eigenvalue weighted by Crippen LogP contribution is -2.38. The van der Waals surface area contributed by atoms with E-state index in [0.717, 1.165) is 11.4 Å². The van der Waals surface area contributed by atoms with Crippen LogP contribution < -0.4 is 5.73 Å². The standard InChI is InChI=1S/C9H16N4/c1-5-7(2)8-11-6-12-13(8)9(3,4)10/h5-6H,10H2,1-4H3/b7-5-. The molecule has 13 heavy (non-hydrogen) atoms. The van der Waals surface area contributed by atoms with E-state index in [1.54, 1.807) is 4.68 Å². The summed E-state index contributed by atoms with van der Waals surface area (Å²) in [6.07, 6.45) is 3.52. The van der Waals surface area contributed by atoms with E-state index in [0.29, 0.717) is 0 Å². The van der Waals surface area contributed by atoms with Gasteiger partial charge in [-0.25, -0.2) is 9.67 Å². The van der Waals surface area contributed by atoms with Crippen LogP contribution in [0.3, 0.4) is 0 Å². The third kappa shape index (κ3) is 1.95. The van der Waals surface area contributed by atoms with Crippen molar-refractivity contribution < 1.29 is 0 Å². The fourth-order valence-electron chi connectivity index (χ4n) is 1.06. The molecular weight excluding hydrogens is 164 g/mol. The molecule has 0 aliphatic carbocycles. The van der Waals surface area contributed by atoms with Crippen LogP contribution in [0, 0.1) is 0 Å². The van der Waals surface area contributed by atoms with Crippen molar-refractivity contribution in [2.45, 2.75) is 33.4 Å². The summed E-state index contributed by atoms with van der Waals surface area (Å²) in [5.74, 6) is 0.829. The lowest BCUT2D eigenvalue weighted by atomic mass is 10.2. The molecule has 1 aromatic rings. The van der Waals surface area contributed by atoms with Crippen molar-refractivity contribution in [2.75, 3.05) is 0 Å². The molecule has 0 aromatic carbocycles. The van der Waals surface area contributed by atoms with E-state index < -0.39 is 5.66 Å². The van der Waals surface area contributed by atoms with Gasteiger partial charge in [-0.3, -0.25) is 0 Å². The summed E-state index contributed by atoms with van der Waals surface area (Å²) in [6.45, 7) is 7.76. The molecule has 1 heterocycles. The molecule has 0 bridgehead atoms. The van der Waals surface area contributed by atoms with E-state index in [1.165, 1.54) is 6.33 Å². The van der Waals surface area contributed by atoms with Crippen LogP contribution in [-0.2, 0) is 5.66 Å². The van der Waals surface area contributed by atoms with E-state index in [4.69, 9.17) is 5.73 Å². The highest BCUT2D eigenvalue weighted by molar-refractivity contribution is 5.56. The zero-order valence-corrected chi connectivity index (χ0v) is 8.57. The minimum absolute atomic E-state index is 0.504. The summed E-state index contributed by atoms with van der Waals surface area (Å²) in [7, 11) is 0. The molecule has 4 heteroatoms. The molecule has 0 radical (unpaired) electrons. The molecular formula is C9H16N4. The molecule has 0 saturated heterocycles. The van der Waals surface area contributed by atoms with Gasteiger partial charge in [0.05, 0.1) is 0 Å². The molecule has 0 unspecified atom stereocenters. The monoisotopic (exact) mass is 180 g/mol. The summed E-state index contributed by atoms with van der Waals surface area (Å²) in [5, 5.41) is 4.10. The number of hydrogen-bond donors (Lipinski definition) is 1. The van der Waals surface area contributed by atoms with Crippen molar-refractivity contribution in [3.8, 4) is 0 Å². The third-order valence-corrected chi connectivity index (χ3v) is 1.88. The minimum Gasteiger partial charge on any atom is -0.308 e. The lowest BCUT2D eigenvalue weighted by Gasteiger charge is -2.21. The zero-order chi connectivity index (χ0) is 10.1. The molecule has 1 rings (SSSR count). The van der Waals surface area contributed by atoms with E-state index in [-0.39, 0.29) is 0 Å². The molecule has 0 amide bonds. The Morgan fingerprint density at radius 2 is 2.23 bits per heavy atom. The second-order valence-electron chi connectivity index (χ2n) is 3.62. The van der Waals surface area contributed by atoms with Crippen molar-refractivity contribution in [3.05, 3.63) is 18.2 Å². The molecule has 0 aliphatic rings. The van der Waals surface area contributed by atoms with Gasteiger partial charge >= 0.3 is 0 Å². The second-order valence-corrected chi connectivity index (χ2v) is 3.62.